The van der Waals surface area contributed by atoms with Gasteiger partial charge in [0.05, 0.1) is 19.4 Å². The first-order chi connectivity index (χ1) is 11.7. The molecule has 1 fully saturated rings. The van der Waals surface area contributed by atoms with Crippen LogP contribution in [0.4, 0.5) is 8.78 Å². The molecule has 0 saturated carbocycles. The molecule has 5 nitrogen and oxygen atoms in total. The fourth-order valence-corrected chi connectivity index (χ4v) is 2.53. The van der Waals surface area contributed by atoms with Gasteiger partial charge in [-0.15, -0.1) is 0 Å². The Morgan fingerprint density at radius 2 is 1.96 bits per heavy atom. The lowest BCUT2D eigenvalue weighted by atomic mass is 10.1. The third-order valence-corrected chi connectivity index (χ3v) is 3.70. The molecule has 2 heterocycles. The SMILES string of the molecule is COc1cccc([C@H](Oc2c(F)cccc2F)[C@@H]2CNCCO2)n1. The van der Waals surface area contributed by atoms with Gasteiger partial charge in [-0.05, 0) is 18.2 Å². The first-order valence-corrected chi connectivity index (χ1v) is 7.63. The number of pyridine rings is 1. The number of nitrogens with zero attached hydrogens (tertiary/aromatic N) is 1. The summed E-state index contributed by atoms with van der Waals surface area (Å²) >= 11 is 0. The molecule has 0 aliphatic carbocycles. The van der Waals surface area contributed by atoms with Crippen LogP contribution in [0.3, 0.4) is 0 Å². The lowest BCUT2D eigenvalue weighted by molar-refractivity contribution is -0.0469. The quantitative estimate of drug-likeness (QED) is 0.909. The van der Waals surface area contributed by atoms with Crippen LogP contribution in [0.2, 0.25) is 0 Å². The van der Waals surface area contributed by atoms with E-state index in [4.69, 9.17) is 14.2 Å². The lowest BCUT2D eigenvalue weighted by Crippen LogP contribution is -2.43. The largest absolute Gasteiger partial charge is 0.481 e. The molecule has 2 aromatic rings. The Bertz CT molecular complexity index is 673. The number of hydrogen-bond acceptors (Lipinski definition) is 5. The predicted molar refractivity (Wildman–Crippen MR) is 83.1 cm³/mol. The van der Waals surface area contributed by atoms with Gasteiger partial charge >= 0.3 is 0 Å². The predicted octanol–water partition coefficient (Wildman–Crippen LogP) is 2.48. The van der Waals surface area contributed by atoms with E-state index in [0.29, 0.717) is 31.3 Å². The number of methoxy groups -OCH3 is 1. The summed E-state index contributed by atoms with van der Waals surface area (Å²) in [4.78, 5) is 4.32. The molecule has 1 saturated heterocycles. The molecule has 0 amide bonds. The maximum Gasteiger partial charge on any atom is 0.213 e. The number of para-hydroxylation sites is 1. The van der Waals surface area contributed by atoms with Crippen LogP contribution in [-0.4, -0.2) is 37.9 Å². The van der Waals surface area contributed by atoms with Crippen LogP contribution < -0.4 is 14.8 Å². The average Bonchev–Trinajstić information content (AvgIpc) is 2.62. The van der Waals surface area contributed by atoms with Gasteiger partial charge in [-0.25, -0.2) is 13.8 Å². The standard InChI is InChI=1S/C17H18F2N2O3/c1-22-15-7-3-6-13(21-15)17(14-10-20-8-9-23-14)24-16-11(18)4-2-5-12(16)19/h2-7,14,17,20H,8-10H2,1H3/t14-,17-/m0/s1. The molecule has 0 spiro atoms. The second-order valence-electron chi connectivity index (χ2n) is 5.31. The Balaban J connectivity index is 1.95. The molecule has 1 aliphatic rings. The van der Waals surface area contributed by atoms with Crippen LogP contribution >= 0.6 is 0 Å². The molecule has 2 atom stereocenters. The molecular formula is C17H18F2N2O3. The van der Waals surface area contributed by atoms with Crippen molar-refractivity contribution in [3.05, 3.63) is 53.7 Å². The van der Waals surface area contributed by atoms with E-state index in [2.05, 4.69) is 10.3 Å². The van der Waals surface area contributed by atoms with Gasteiger partial charge in [0, 0.05) is 19.2 Å². The molecule has 0 radical (unpaired) electrons. The second-order valence-corrected chi connectivity index (χ2v) is 5.31. The van der Waals surface area contributed by atoms with Gasteiger partial charge in [-0.2, -0.15) is 0 Å². The molecular weight excluding hydrogens is 318 g/mol. The number of ether oxygens (including phenoxy) is 3. The number of hydrogen-bond donors (Lipinski definition) is 1. The molecule has 1 aliphatic heterocycles. The molecule has 1 aromatic heterocycles. The van der Waals surface area contributed by atoms with Crippen molar-refractivity contribution in [3.8, 4) is 11.6 Å². The minimum absolute atomic E-state index is 0.388. The van der Waals surface area contributed by atoms with E-state index < -0.39 is 29.6 Å². The Hall–Kier alpha value is -2.25. The summed E-state index contributed by atoms with van der Waals surface area (Å²) in [5.41, 5.74) is 0.478. The molecule has 0 bridgehead atoms. The highest BCUT2D eigenvalue weighted by Crippen LogP contribution is 2.30. The van der Waals surface area contributed by atoms with Gasteiger partial charge in [0.2, 0.25) is 5.88 Å². The zero-order valence-corrected chi connectivity index (χ0v) is 13.2. The van der Waals surface area contributed by atoms with Gasteiger partial charge in [0.25, 0.3) is 0 Å². The van der Waals surface area contributed by atoms with E-state index in [0.717, 1.165) is 12.1 Å². The van der Waals surface area contributed by atoms with Crippen molar-refractivity contribution in [2.24, 2.45) is 0 Å². The maximum atomic E-state index is 14.0. The van der Waals surface area contributed by atoms with Crippen molar-refractivity contribution in [3.63, 3.8) is 0 Å². The molecule has 3 rings (SSSR count). The monoisotopic (exact) mass is 336 g/mol. The maximum absolute atomic E-state index is 14.0. The minimum Gasteiger partial charge on any atom is -0.481 e. The number of rotatable bonds is 5. The number of benzene rings is 1. The van der Waals surface area contributed by atoms with Crippen molar-refractivity contribution in [1.29, 1.82) is 0 Å². The fraction of sp³-hybridized carbons (Fsp3) is 0.353. The highest BCUT2D eigenvalue weighted by Gasteiger charge is 2.31. The minimum atomic E-state index is -0.778. The molecule has 128 valence electrons. The zero-order valence-electron chi connectivity index (χ0n) is 13.2. The highest BCUT2D eigenvalue weighted by molar-refractivity contribution is 5.28. The summed E-state index contributed by atoms with van der Waals surface area (Å²) < 4.78 is 44.4. The first-order valence-electron chi connectivity index (χ1n) is 7.63. The zero-order chi connectivity index (χ0) is 16.9. The Morgan fingerprint density at radius 3 is 2.62 bits per heavy atom. The molecule has 0 unspecified atom stereocenters. The number of halogens is 2. The van der Waals surface area contributed by atoms with Crippen molar-refractivity contribution < 1.29 is 23.0 Å². The van der Waals surface area contributed by atoms with Gasteiger partial charge < -0.3 is 19.5 Å². The topological polar surface area (TPSA) is 52.6 Å². The smallest absolute Gasteiger partial charge is 0.213 e. The van der Waals surface area contributed by atoms with Crippen LogP contribution in [-0.2, 0) is 4.74 Å². The Kier molecular flexibility index (Phi) is 5.22. The number of nitrogens with one attached hydrogen (secondary N) is 1. The Labute approximate surface area is 138 Å². The van der Waals surface area contributed by atoms with Crippen LogP contribution in [0, 0.1) is 11.6 Å². The average molecular weight is 336 g/mol. The van der Waals surface area contributed by atoms with E-state index in [9.17, 15) is 8.78 Å². The molecule has 1 aromatic carbocycles. The third-order valence-electron chi connectivity index (χ3n) is 3.70. The number of aromatic nitrogens is 1. The van der Waals surface area contributed by atoms with E-state index in [1.807, 2.05) is 0 Å². The summed E-state index contributed by atoms with van der Waals surface area (Å²) in [6.07, 6.45) is -1.21. The van der Waals surface area contributed by atoms with Crippen LogP contribution in [0.15, 0.2) is 36.4 Å². The summed E-state index contributed by atoms with van der Waals surface area (Å²) in [6, 6.07) is 8.72. The third kappa shape index (κ3) is 3.63. The van der Waals surface area contributed by atoms with Crippen LogP contribution in [0.25, 0.3) is 0 Å². The van der Waals surface area contributed by atoms with Gasteiger partial charge in [-0.1, -0.05) is 12.1 Å². The van der Waals surface area contributed by atoms with Crippen molar-refractivity contribution >= 4 is 0 Å². The molecule has 1 N–H and O–H groups in total. The van der Waals surface area contributed by atoms with Crippen molar-refractivity contribution in [1.82, 2.24) is 10.3 Å². The molecule has 7 heteroatoms. The van der Waals surface area contributed by atoms with Crippen molar-refractivity contribution in [2.45, 2.75) is 12.2 Å². The summed E-state index contributed by atoms with van der Waals surface area (Å²) in [7, 11) is 1.50. The first kappa shape index (κ1) is 16.6. The Morgan fingerprint density at radius 1 is 1.21 bits per heavy atom. The van der Waals surface area contributed by atoms with E-state index in [1.165, 1.54) is 13.2 Å². The van der Waals surface area contributed by atoms with E-state index in [1.54, 1.807) is 18.2 Å². The summed E-state index contributed by atoms with van der Waals surface area (Å²) in [5, 5.41) is 3.18. The van der Waals surface area contributed by atoms with E-state index >= 15 is 0 Å². The highest BCUT2D eigenvalue weighted by atomic mass is 19.1. The lowest BCUT2D eigenvalue weighted by Gasteiger charge is -2.31. The normalized spacial score (nSPS) is 18.9. The summed E-state index contributed by atoms with van der Waals surface area (Å²) in [5.74, 6) is -1.60. The second kappa shape index (κ2) is 7.55. The van der Waals surface area contributed by atoms with Crippen molar-refractivity contribution in [2.75, 3.05) is 26.8 Å². The summed E-state index contributed by atoms with van der Waals surface area (Å²) in [6.45, 7) is 1.68. The molecule has 24 heavy (non-hydrogen) atoms. The van der Waals surface area contributed by atoms with Gasteiger partial charge in [0.1, 0.15) is 6.10 Å². The van der Waals surface area contributed by atoms with Gasteiger partial charge in [0.15, 0.2) is 23.5 Å². The van der Waals surface area contributed by atoms with Crippen LogP contribution in [0.5, 0.6) is 11.6 Å². The fourth-order valence-electron chi connectivity index (χ4n) is 2.53. The van der Waals surface area contributed by atoms with Crippen LogP contribution in [0.1, 0.15) is 11.8 Å². The van der Waals surface area contributed by atoms with E-state index in [-0.39, 0.29) is 0 Å². The van der Waals surface area contributed by atoms with Gasteiger partial charge in [-0.3, -0.25) is 0 Å². The number of morpholine rings is 1.